The number of aromatic nitrogens is 4. The molecule has 42 heavy (non-hydrogen) atoms. The van der Waals surface area contributed by atoms with Gasteiger partial charge in [0.25, 0.3) is 11.1 Å². The largest absolute Gasteiger partial charge is 0.324 e. The van der Waals surface area contributed by atoms with Gasteiger partial charge in [-0.2, -0.15) is 0 Å². The lowest BCUT2D eigenvalue weighted by atomic mass is 9.99. The highest BCUT2D eigenvalue weighted by atomic mass is 16.1. The van der Waals surface area contributed by atoms with Crippen molar-refractivity contribution >= 4 is 23.3 Å². The van der Waals surface area contributed by atoms with Crippen LogP contribution in [0.4, 0.5) is 23.3 Å². The maximum atomic E-state index is 13.1. The first-order valence-electron chi connectivity index (χ1n) is 14.0. The summed E-state index contributed by atoms with van der Waals surface area (Å²) < 4.78 is 0. The van der Waals surface area contributed by atoms with Crippen molar-refractivity contribution in [1.82, 2.24) is 19.9 Å². The fourth-order valence-electron chi connectivity index (χ4n) is 5.18. The summed E-state index contributed by atoms with van der Waals surface area (Å²) in [6.45, 7) is 11.9. The standard InChI is InChI=1S/C34H36N6O2/c1-19-11-13-25(21(3)15-19)17-27-23(5)35-33(39-31(27)41)37-29-9-7-8-10-30(29)38-34-36-24(6)28(32(42)40-34)18-26-14-12-20(2)16-22(26)4/h7-16H,17-18H2,1-6H3,(H2,35,37,39,41)(H2,36,38,40,42). The van der Waals surface area contributed by atoms with Crippen molar-refractivity contribution in [3.05, 3.63) is 137 Å². The number of benzene rings is 3. The van der Waals surface area contributed by atoms with Crippen LogP contribution >= 0.6 is 0 Å². The average molecular weight is 561 g/mol. The van der Waals surface area contributed by atoms with Crippen molar-refractivity contribution in [3.63, 3.8) is 0 Å². The molecule has 5 rings (SSSR count). The number of H-pyrrole nitrogens is 2. The molecule has 0 atom stereocenters. The van der Waals surface area contributed by atoms with Crippen molar-refractivity contribution in [2.24, 2.45) is 0 Å². The molecule has 0 bridgehead atoms. The van der Waals surface area contributed by atoms with Gasteiger partial charge in [-0.3, -0.25) is 19.6 Å². The number of nitrogens with one attached hydrogen (secondary N) is 4. The van der Waals surface area contributed by atoms with Crippen molar-refractivity contribution < 1.29 is 0 Å². The molecule has 0 aliphatic heterocycles. The second-order valence-electron chi connectivity index (χ2n) is 11.0. The zero-order chi connectivity index (χ0) is 30.0. The van der Waals surface area contributed by atoms with E-state index in [9.17, 15) is 9.59 Å². The molecule has 0 amide bonds. The smallest absolute Gasteiger partial charge is 0.256 e. The number of aromatic amines is 2. The number of hydrogen-bond donors (Lipinski definition) is 4. The number of para-hydroxylation sites is 2. The molecule has 2 heterocycles. The summed E-state index contributed by atoms with van der Waals surface area (Å²) in [7, 11) is 0. The highest BCUT2D eigenvalue weighted by Crippen LogP contribution is 2.26. The molecular weight excluding hydrogens is 524 g/mol. The number of hydrogen-bond acceptors (Lipinski definition) is 6. The van der Waals surface area contributed by atoms with Gasteiger partial charge in [-0.15, -0.1) is 0 Å². The SMILES string of the molecule is Cc1ccc(Cc2c(C)nc(Nc3ccccc3Nc3nc(C)c(Cc4ccc(C)cc4C)c(=O)[nH]3)[nH]c2=O)c(C)c1. The zero-order valence-corrected chi connectivity index (χ0v) is 24.9. The van der Waals surface area contributed by atoms with Gasteiger partial charge >= 0.3 is 0 Å². The van der Waals surface area contributed by atoms with Gasteiger partial charge in [0.15, 0.2) is 0 Å². The predicted molar refractivity (Wildman–Crippen MR) is 170 cm³/mol. The van der Waals surface area contributed by atoms with Crippen LogP contribution in [0.25, 0.3) is 0 Å². The van der Waals surface area contributed by atoms with E-state index in [1.165, 1.54) is 11.1 Å². The van der Waals surface area contributed by atoms with E-state index in [0.717, 1.165) is 22.3 Å². The molecule has 0 unspecified atom stereocenters. The minimum atomic E-state index is -0.184. The first kappa shape index (κ1) is 28.5. The van der Waals surface area contributed by atoms with Crippen LogP contribution in [0.1, 0.15) is 55.9 Å². The lowest BCUT2D eigenvalue weighted by molar-refractivity contribution is 0.977. The molecule has 3 aromatic carbocycles. The molecule has 8 heteroatoms. The molecule has 8 nitrogen and oxygen atoms in total. The fourth-order valence-corrected chi connectivity index (χ4v) is 5.18. The lowest BCUT2D eigenvalue weighted by Crippen LogP contribution is -2.20. The Bertz CT molecular complexity index is 1770. The second-order valence-corrected chi connectivity index (χ2v) is 11.0. The molecule has 4 N–H and O–H groups in total. The average Bonchev–Trinajstić information content (AvgIpc) is 2.91. The maximum Gasteiger partial charge on any atom is 0.256 e. The number of rotatable bonds is 8. The summed E-state index contributed by atoms with van der Waals surface area (Å²) in [4.78, 5) is 41.2. The van der Waals surface area contributed by atoms with E-state index in [2.05, 4.69) is 94.7 Å². The molecule has 0 saturated carbocycles. The van der Waals surface area contributed by atoms with Gasteiger partial charge in [-0.25, -0.2) is 9.97 Å². The Kier molecular flexibility index (Phi) is 8.06. The maximum absolute atomic E-state index is 13.1. The number of nitrogens with zero attached hydrogens (tertiary/aromatic N) is 2. The van der Waals surface area contributed by atoms with Crippen molar-refractivity contribution in [2.45, 2.75) is 54.4 Å². The van der Waals surface area contributed by atoms with Crippen molar-refractivity contribution in [1.29, 1.82) is 0 Å². The monoisotopic (exact) mass is 560 g/mol. The van der Waals surface area contributed by atoms with E-state index >= 15 is 0 Å². The minimum Gasteiger partial charge on any atom is -0.324 e. The third-order valence-corrected chi connectivity index (χ3v) is 7.61. The molecule has 0 aliphatic carbocycles. The van der Waals surface area contributed by atoms with Crippen LogP contribution in [-0.4, -0.2) is 19.9 Å². The predicted octanol–water partition coefficient (Wildman–Crippen LogP) is 6.37. The van der Waals surface area contributed by atoms with Crippen molar-refractivity contribution in [2.75, 3.05) is 10.6 Å². The fraction of sp³-hybridized carbons (Fsp3) is 0.235. The van der Waals surface area contributed by atoms with Crippen molar-refractivity contribution in [3.8, 4) is 0 Å². The van der Waals surface area contributed by atoms with E-state index in [1.54, 1.807) is 0 Å². The Labute approximate surface area is 245 Å². The van der Waals surface area contributed by atoms with Gasteiger partial charge < -0.3 is 10.6 Å². The highest BCUT2D eigenvalue weighted by molar-refractivity contribution is 5.75. The summed E-state index contributed by atoms with van der Waals surface area (Å²) in [6.07, 6.45) is 1.02. The third kappa shape index (κ3) is 6.33. The minimum absolute atomic E-state index is 0.184. The van der Waals surface area contributed by atoms with Gasteiger partial charge in [0.05, 0.1) is 22.8 Å². The number of aryl methyl sites for hydroxylation is 6. The Morgan fingerprint density at radius 1 is 0.595 bits per heavy atom. The molecule has 5 aromatic rings. The van der Waals surface area contributed by atoms with Crippen LogP contribution in [0.2, 0.25) is 0 Å². The van der Waals surface area contributed by atoms with E-state index in [4.69, 9.17) is 0 Å². The molecule has 0 radical (unpaired) electrons. The van der Waals surface area contributed by atoms with Gasteiger partial charge in [0.1, 0.15) is 0 Å². The molecule has 0 spiro atoms. The normalized spacial score (nSPS) is 11.0. The Morgan fingerprint density at radius 3 is 1.36 bits per heavy atom. The highest BCUT2D eigenvalue weighted by Gasteiger charge is 2.14. The third-order valence-electron chi connectivity index (χ3n) is 7.61. The zero-order valence-electron chi connectivity index (χ0n) is 24.9. The summed E-state index contributed by atoms with van der Waals surface area (Å²) in [5.41, 5.74) is 10.4. The summed E-state index contributed by atoms with van der Waals surface area (Å²) in [5, 5.41) is 6.44. The first-order valence-corrected chi connectivity index (χ1v) is 14.0. The molecule has 0 fully saturated rings. The number of anilines is 4. The molecule has 0 aliphatic rings. The van der Waals surface area contributed by atoms with E-state index < -0.39 is 0 Å². The summed E-state index contributed by atoms with van der Waals surface area (Å²) >= 11 is 0. The molecule has 0 saturated heterocycles. The Balaban J connectivity index is 1.36. The van der Waals surface area contributed by atoms with Gasteiger partial charge in [0.2, 0.25) is 11.9 Å². The summed E-state index contributed by atoms with van der Waals surface area (Å²) in [6, 6.07) is 20.0. The second kappa shape index (κ2) is 11.9. The van der Waals surface area contributed by atoms with E-state index in [-0.39, 0.29) is 11.1 Å². The van der Waals surface area contributed by atoms with Crippen LogP contribution in [0.15, 0.2) is 70.3 Å². The first-order chi connectivity index (χ1) is 20.1. The molecule has 2 aromatic heterocycles. The van der Waals surface area contributed by atoms with Gasteiger partial charge in [-0.05, 0) is 75.9 Å². The van der Waals surface area contributed by atoms with E-state index in [0.29, 0.717) is 58.6 Å². The molecule has 214 valence electrons. The van der Waals surface area contributed by atoms with Crippen LogP contribution in [0.3, 0.4) is 0 Å². The van der Waals surface area contributed by atoms with Crippen LogP contribution in [0.5, 0.6) is 0 Å². The quantitative estimate of drug-likeness (QED) is 0.175. The van der Waals surface area contributed by atoms with Gasteiger partial charge in [-0.1, -0.05) is 59.7 Å². The Morgan fingerprint density at radius 2 is 1.00 bits per heavy atom. The van der Waals surface area contributed by atoms with Crippen LogP contribution in [0, 0.1) is 41.5 Å². The summed E-state index contributed by atoms with van der Waals surface area (Å²) in [5.74, 6) is 0.662. The van der Waals surface area contributed by atoms with Gasteiger partial charge in [0, 0.05) is 24.0 Å². The van der Waals surface area contributed by atoms with E-state index in [1.807, 2.05) is 38.1 Å². The van der Waals surface area contributed by atoms with Crippen LogP contribution < -0.4 is 21.8 Å². The lowest BCUT2D eigenvalue weighted by Gasteiger charge is -2.15. The topological polar surface area (TPSA) is 116 Å². The van der Waals surface area contributed by atoms with Crippen LogP contribution in [-0.2, 0) is 12.8 Å². The molecular formula is C34H36N6O2. The Hall–Kier alpha value is -4.98.